The molecule has 1 aliphatic rings. The molecule has 22 heavy (non-hydrogen) atoms. The van der Waals surface area contributed by atoms with Crippen LogP contribution in [0.1, 0.15) is 37.7 Å². The molecule has 0 unspecified atom stereocenters. The van der Waals surface area contributed by atoms with Crippen LogP contribution in [-0.4, -0.2) is 26.7 Å². The second kappa shape index (κ2) is 7.49. The Labute approximate surface area is 131 Å². The van der Waals surface area contributed by atoms with Gasteiger partial charge in [0.1, 0.15) is 0 Å². The fourth-order valence-electron chi connectivity index (χ4n) is 2.63. The summed E-state index contributed by atoms with van der Waals surface area (Å²) >= 11 is 0. The number of nitrogens with one attached hydrogen (secondary N) is 3. The van der Waals surface area contributed by atoms with E-state index in [-0.39, 0.29) is 18.6 Å². The minimum absolute atomic E-state index is 0.207. The molecule has 0 aliphatic heterocycles. The van der Waals surface area contributed by atoms with Gasteiger partial charge in [-0.05, 0) is 24.5 Å². The Hall–Kier alpha value is -1.76. The minimum Gasteiger partial charge on any atom is -0.335 e. The van der Waals surface area contributed by atoms with E-state index >= 15 is 0 Å². The van der Waals surface area contributed by atoms with Crippen LogP contribution >= 0.6 is 0 Å². The molecule has 3 N–H and O–H groups in total. The maximum Gasteiger partial charge on any atom is 0.315 e. The molecule has 1 fully saturated rings. The summed E-state index contributed by atoms with van der Waals surface area (Å²) in [7, 11) is -3.34. The van der Waals surface area contributed by atoms with E-state index in [2.05, 4.69) is 15.4 Å². The van der Waals surface area contributed by atoms with Crippen molar-refractivity contribution >= 4 is 21.7 Å². The number of para-hydroxylation sites is 1. The number of carbonyl (C=O) groups excluding carboxylic acids is 1. The van der Waals surface area contributed by atoms with Crippen molar-refractivity contribution in [2.45, 2.75) is 44.7 Å². The van der Waals surface area contributed by atoms with E-state index in [9.17, 15) is 13.2 Å². The Balaban J connectivity index is 1.89. The molecule has 0 spiro atoms. The second-order valence-electron chi connectivity index (χ2n) is 5.69. The summed E-state index contributed by atoms with van der Waals surface area (Å²) in [6.45, 7) is 0.275. The number of anilines is 1. The molecule has 0 heterocycles. The zero-order valence-electron chi connectivity index (χ0n) is 12.8. The normalized spacial score (nSPS) is 16.0. The Morgan fingerprint density at radius 3 is 2.55 bits per heavy atom. The van der Waals surface area contributed by atoms with E-state index in [1.807, 2.05) is 6.07 Å². The van der Waals surface area contributed by atoms with E-state index in [4.69, 9.17) is 0 Å². The van der Waals surface area contributed by atoms with E-state index < -0.39 is 10.0 Å². The molecule has 2 rings (SSSR count). The largest absolute Gasteiger partial charge is 0.335 e. The number of amides is 2. The van der Waals surface area contributed by atoms with Gasteiger partial charge < -0.3 is 10.6 Å². The number of urea groups is 1. The molecule has 1 aromatic carbocycles. The Bertz CT molecular complexity index is 610. The average Bonchev–Trinajstić information content (AvgIpc) is 2.46. The van der Waals surface area contributed by atoms with Gasteiger partial charge in [0.2, 0.25) is 10.0 Å². The lowest BCUT2D eigenvalue weighted by Gasteiger charge is -2.23. The molecular formula is C15H23N3O3S. The molecule has 0 aromatic heterocycles. The van der Waals surface area contributed by atoms with Crippen LogP contribution in [0, 0.1) is 0 Å². The highest BCUT2D eigenvalue weighted by molar-refractivity contribution is 7.92. The lowest BCUT2D eigenvalue weighted by molar-refractivity contribution is 0.232. The molecule has 6 nitrogen and oxygen atoms in total. The fraction of sp³-hybridized carbons (Fsp3) is 0.533. The van der Waals surface area contributed by atoms with Gasteiger partial charge in [-0.2, -0.15) is 0 Å². The van der Waals surface area contributed by atoms with Crippen molar-refractivity contribution in [1.82, 2.24) is 10.6 Å². The predicted molar refractivity (Wildman–Crippen MR) is 87.2 cm³/mol. The molecule has 0 bridgehead atoms. The van der Waals surface area contributed by atoms with Crippen molar-refractivity contribution in [1.29, 1.82) is 0 Å². The number of hydrogen-bond donors (Lipinski definition) is 3. The molecule has 1 aromatic rings. The van der Waals surface area contributed by atoms with E-state index in [1.165, 1.54) is 6.42 Å². The summed E-state index contributed by atoms with van der Waals surface area (Å²) < 4.78 is 25.1. The maximum atomic E-state index is 11.9. The lowest BCUT2D eigenvalue weighted by atomic mass is 9.96. The summed E-state index contributed by atoms with van der Waals surface area (Å²) in [5.41, 5.74) is 1.22. The van der Waals surface area contributed by atoms with Crippen LogP contribution in [0.25, 0.3) is 0 Å². The summed E-state index contributed by atoms with van der Waals surface area (Å²) in [4.78, 5) is 11.9. The van der Waals surface area contributed by atoms with Crippen LogP contribution in [0.4, 0.5) is 10.5 Å². The molecule has 122 valence electrons. The van der Waals surface area contributed by atoms with Crippen LogP contribution in [0.15, 0.2) is 24.3 Å². The third-order valence-electron chi connectivity index (χ3n) is 3.69. The quantitative estimate of drug-likeness (QED) is 0.775. The van der Waals surface area contributed by atoms with E-state index in [0.29, 0.717) is 5.69 Å². The summed E-state index contributed by atoms with van der Waals surface area (Å²) in [6, 6.07) is 7.06. The molecule has 7 heteroatoms. The van der Waals surface area contributed by atoms with E-state index in [0.717, 1.165) is 37.5 Å². The molecule has 0 atom stereocenters. The van der Waals surface area contributed by atoms with Gasteiger partial charge in [-0.25, -0.2) is 13.2 Å². The number of benzene rings is 1. The van der Waals surface area contributed by atoms with Gasteiger partial charge in [-0.15, -0.1) is 0 Å². The average molecular weight is 325 g/mol. The van der Waals surface area contributed by atoms with Gasteiger partial charge in [0.25, 0.3) is 0 Å². The second-order valence-corrected chi connectivity index (χ2v) is 7.44. The highest BCUT2D eigenvalue weighted by Gasteiger charge is 2.15. The van der Waals surface area contributed by atoms with Gasteiger partial charge in [0.05, 0.1) is 11.9 Å². The highest BCUT2D eigenvalue weighted by atomic mass is 32.2. The first-order valence-electron chi connectivity index (χ1n) is 7.54. The number of hydrogen-bond acceptors (Lipinski definition) is 3. The van der Waals surface area contributed by atoms with Gasteiger partial charge in [-0.1, -0.05) is 37.5 Å². The van der Waals surface area contributed by atoms with Gasteiger partial charge in [0.15, 0.2) is 0 Å². The van der Waals surface area contributed by atoms with Crippen molar-refractivity contribution in [2.24, 2.45) is 0 Å². The van der Waals surface area contributed by atoms with Crippen molar-refractivity contribution in [3.8, 4) is 0 Å². The van der Waals surface area contributed by atoms with Gasteiger partial charge >= 0.3 is 6.03 Å². The standard InChI is InChI=1S/C15H23N3O3S/c1-22(20,21)18-14-10-6-5-7-12(14)11-16-15(19)17-13-8-3-2-4-9-13/h5-7,10,13,18H,2-4,8-9,11H2,1H3,(H2,16,17,19). The monoisotopic (exact) mass is 325 g/mol. The lowest BCUT2D eigenvalue weighted by Crippen LogP contribution is -2.42. The Morgan fingerprint density at radius 2 is 1.86 bits per heavy atom. The van der Waals surface area contributed by atoms with Crippen LogP contribution in [-0.2, 0) is 16.6 Å². The number of sulfonamides is 1. The van der Waals surface area contributed by atoms with Gasteiger partial charge in [-0.3, -0.25) is 4.72 Å². The van der Waals surface area contributed by atoms with E-state index in [1.54, 1.807) is 18.2 Å². The first-order valence-corrected chi connectivity index (χ1v) is 9.43. The summed E-state index contributed by atoms with van der Waals surface area (Å²) in [5.74, 6) is 0. The third-order valence-corrected chi connectivity index (χ3v) is 4.28. The van der Waals surface area contributed by atoms with Crippen LogP contribution in [0.2, 0.25) is 0 Å². The molecular weight excluding hydrogens is 302 g/mol. The molecule has 2 amide bonds. The van der Waals surface area contributed by atoms with Crippen molar-refractivity contribution in [2.75, 3.05) is 11.0 Å². The molecule has 1 saturated carbocycles. The third kappa shape index (κ3) is 5.55. The van der Waals surface area contributed by atoms with Gasteiger partial charge in [0, 0.05) is 12.6 Å². The zero-order chi connectivity index (χ0) is 16.0. The van der Waals surface area contributed by atoms with Crippen molar-refractivity contribution < 1.29 is 13.2 Å². The highest BCUT2D eigenvalue weighted by Crippen LogP contribution is 2.18. The van der Waals surface area contributed by atoms with Crippen molar-refractivity contribution in [3.63, 3.8) is 0 Å². The van der Waals surface area contributed by atoms with Crippen molar-refractivity contribution in [3.05, 3.63) is 29.8 Å². The topological polar surface area (TPSA) is 87.3 Å². The Kier molecular flexibility index (Phi) is 5.65. The Morgan fingerprint density at radius 1 is 1.18 bits per heavy atom. The first-order chi connectivity index (χ1) is 10.4. The minimum atomic E-state index is -3.34. The summed E-state index contributed by atoms with van der Waals surface area (Å²) in [6.07, 6.45) is 6.72. The SMILES string of the molecule is CS(=O)(=O)Nc1ccccc1CNC(=O)NC1CCCCC1. The first kappa shape index (κ1) is 16.6. The summed E-state index contributed by atoms with van der Waals surface area (Å²) in [5, 5.41) is 5.76. The van der Waals surface area contributed by atoms with Crippen LogP contribution in [0.5, 0.6) is 0 Å². The maximum absolute atomic E-state index is 11.9. The molecule has 1 aliphatic carbocycles. The van der Waals surface area contributed by atoms with Crippen LogP contribution < -0.4 is 15.4 Å². The van der Waals surface area contributed by atoms with Crippen LogP contribution in [0.3, 0.4) is 0 Å². The smallest absolute Gasteiger partial charge is 0.315 e. The predicted octanol–water partition coefficient (Wildman–Crippen LogP) is 2.19. The molecule has 0 radical (unpaired) electrons. The number of carbonyl (C=O) groups is 1. The zero-order valence-corrected chi connectivity index (χ0v) is 13.6. The number of rotatable bonds is 5. The fourth-order valence-corrected chi connectivity index (χ4v) is 3.23. The molecule has 0 saturated heterocycles.